The molecule has 1 spiro atoms. The molecule has 0 aromatic rings. The van der Waals surface area contributed by atoms with Gasteiger partial charge in [-0.3, -0.25) is 19.3 Å². The lowest BCUT2D eigenvalue weighted by atomic mass is 9.58. The summed E-state index contributed by atoms with van der Waals surface area (Å²) in [5.41, 5.74) is -0.877. The zero-order valence-electron chi connectivity index (χ0n) is 15.6. The summed E-state index contributed by atoms with van der Waals surface area (Å²) in [4.78, 5) is 50.0. The molecule has 0 radical (unpaired) electrons. The van der Waals surface area contributed by atoms with Crippen molar-refractivity contribution < 1.29 is 33.6 Å². The summed E-state index contributed by atoms with van der Waals surface area (Å²) < 4.78 is 11.8. The molecule has 6 fully saturated rings. The van der Waals surface area contributed by atoms with E-state index >= 15 is 0 Å². The summed E-state index contributed by atoms with van der Waals surface area (Å²) in [5.74, 6) is -2.11. The highest BCUT2D eigenvalue weighted by atomic mass is 17.3. The molecule has 6 aliphatic rings. The van der Waals surface area contributed by atoms with Crippen molar-refractivity contribution in [3.8, 4) is 0 Å². The molecule has 5 aliphatic heterocycles. The SMILES string of the molecule is C[C@@H]1CC[C@H]2[C@@H](CN3C(=O)CCC3=O)C(=O)O[C@@H]3O[C@]4(C)CC[C@@H]1[C@]32OO4. The van der Waals surface area contributed by atoms with Gasteiger partial charge in [-0.1, -0.05) is 6.92 Å². The minimum absolute atomic E-state index is 0.0529. The maximum Gasteiger partial charge on any atom is 0.313 e. The Morgan fingerprint density at radius 1 is 1.04 bits per heavy atom. The van der Waals surface area contributed by atoms with Crippen molar-refractivity contribution >= 4 is 17.8 Å². The summed E-state index contributed by atoms with van der Waals surface area (Å²) in [5, 5.41) is 0. The van der Waals surface area contributed by atoms with E-state index < -0.39 is 29.6 Å². The fraction of sp³-hybridized carbons (Fsp3) is 0.842. The Morgan fingerprint density at radius 3 is 2.52 bits per heavy atom. The van der Waals surface area contributed by atoms with Crippen molar-refractivity contribution in [3.05, 3.63) is 0 Å². The lowest BCUT2D eigenvalue weighted by Gasteiger charge is -2.58. The smallest absolute Gasteiger partial charge is 0.313 e. The molecule has 1 aliphatic carbocycles. The number of carbonyl (C=O) groups is 3. The van der Waals surface area contributed by atoms with Crippen molar-refractivity contribution in [2.75, 3.05) is 6.54 Å². The molecule has 2 bridgehead atoms. The van der Waals surface area contributed by atoms with E-state index in [4.69, 9.17) is 19.2 Å². The van der Waals surface area contributed by atoms with E-state index in [-0.39, 0.29) is 43.0 Å². The number of ether oxygens (including phenoxy) is 2. The quantitative estimate of drug-likeness (QED) is 0.408. The normalized spacial score (nSPS) is 49.0. The van der Waals surface area contributed by atoms with Crippen LogP contribution in [0.25, 0.3) is 0 Å². The van der Waals surface area contributed by atoms with Crippen molar-refractivity contribution in [1.29, 1.82) is 0 Å². The summed E-state index contributed by atoms with van der Waals surface area (Å²) in [7, 11) is 0. The van der Waals surface area contributed by atoms with E-state index in [9.17, 15) is 14.4 Å². The van der Waals surface area contributed by atoms with E-state index in [2.05, 4.69) is 6.92 Å². The predicted octanol–water partition coefficient (Wildman–Crippen LogP) is 1.52. The maximum atomic E-state index is 12.9. The van der Waals surface area contributed by atoms with Crippen LogP contribution in [0.4, 0.5) is 0 Å². The molecule has 6 rings (SSSR count). The highest BCUT2D eigenvalue weighted by Crippen LogP contribution is 2.59. The Labute approximate surface area is 157 Å². The number of fused-ring (bicyclic) bond motifs is 2. The van der Waals surface area contributed by atoms with Gasteiger partial charge >= 0.3 is 5.97 Å². The van der Waals surface area contributed by atoms with E-state index in [0.717, 1.165) is 19.3 Å². The van der Waals surface area contributed by atoms with Crippen LogP contribution >= 0.6 is 0 Å². The number of hydrogen-bond acceptors (Lipinski definition) is 7. The van der Waals surface area contributed by atoms with E-state index in [1.165, 1.54) is 4.90 Å². The third-order valence-corrected chi connectivity index (χ3v) is 7.32. The number of nitrogens with zero attached hydrogens (tertiary/aromatic N) is 1. The molecule has 0 aromatic heterocycles. The van der Waals surface area contributed by atoms with Gasteiger partial charge in [0, 0.05) is 37.6 Å². The number of esters is 1. The number of hydrogen-bond donors (Lipinski definition) is 0. The van der Waals surface area contributed by atoms with Gasteiger partial charge in [-0.15, -0.1) is 0 Å². The monoisotopic (exact) mass is 379 g/mol. The third kappa shape index (κ3) is 2.36. The van der Waals surface area contributed by atoms with Crippen molar-refractivity contribution in [1.82, 2.24) is 4.90 Å². The predicted molar refractivity (Wildman–Crippen MR) is 88.3 cm³/mol. The molecule has 0 N–H and O–H groups in total. The van der Waals surface area contributed by atoms with Gasteiger partial charge in [-0.05, 0) is 32.1 Å². The number of amides is 2. The Hall–Kier alpha value is -1.51. The summed E-state index contributed by atoms with van der Waals surface area (Å²) in [6.07, 6.45) is 2.82. The topological polar surface area (TPSA) is 91.4 Å². The van der Waals surface area contributed by atoms with Gasteiger partial charge in [0.25, 0.3) is 0 Å². The van der Waals surface area contributed by atoms with E-state index in [1.54, 1.807) is 6.92 Å². The van der Waals surface area contributed by atoms with Gasteiger partial charge in [0.2, 0.25) is 23.9 Å². The molecule has 8 nitrogen and oxygen atoms in total. The second-order valence-electron chi connectivity index (χ2n) is 8.85. The van der Waals surface area contributed by atoms with Gasteiger partial charge in [0.05, 0.1) is 5.92 Å². The highest BCUT2D eigenvalue weighted by Gasteiger charge is 2.70. The number of rotatable bonds is 2. The first-order valence-corrected chi connectivity index (χ1v) is 9.92. The molecule has 5 heterocycles. The Bertz CT molecular complexity index is 694. The van der Waals surface area contributed by atoms with Crippen LogP contribution < -0.4 is 0 Å². The minimum Gasteiger partial charge on any atom is -0.432 e. The largest absolute Gasteiger partial charge is 0.432 e. The molecule has 7 atom stereocenters. The highest BCUT2D eigenvalue weighted by molar-refractivity contribution is 6.02. The first-order chi connectivity index (χ1) is 12.8. The lowest BCUT2D eigenvalue weighted by Crippen LogP contribution is -2.70. The van der Waals surface area contributed by atoms with Crippen LogP contribution in [0.3, 0.4) is 0 Å². The van der Waals surface area contributed by atoms with Crippen LogP contribution in [0.2, 0.25) is 0 Å². The average molecular weight is 379 g/mol. The Kier molecular flexibility index (Phi) is 3.74. The standard InChI is InChI=1S/C19H25NO7/c1-10-3-4-13-11(9-20-14(21)5-6-15(20)22)16(23)24-17-19(13)12(10)7-8-18(2,25-17)26-27-19/h10-13,17H,3-9H2,1-2H3/t10-,11-,12+,13+,17-,18+,19-/m1/s1. The molecule has 148 valence electrons. The first kappa shape index (κ1) is 17.6. The zero-order valence-corrected chi connectivity index (χ0v) is 15.6. The van der Waals surface area contributed by atoms with Crippen LogP contribution in [0.15, 0.2) is 0 Å². The molecule has 8 heteroatoms. The van der Waals surface area contributed by atoms with E-state index in [1.807, 2.05) is 0 Å². The fourth-order valence-corrected chi connectivity index (χ4v) is 5.84. The molecular weight excluding hydrogens is 354 g/mol. The second-order valence-corrected chi connectivity index (χ2v) is 8.85. The molecule has 1 saturated carbocycles. The van der Waals surface area contributed by atoms with Crippen molar-refractivity contribution in [3.63, 3.8) is 0 Å². The van der Waals surface area contributed by atoms with Crippen LogP contribution in [0, 0.1) is 23.7 Å². The number of likely N-dealkylation sites (tertiary alicyclic amines) is 1. The van der Waals surface area contributed by atoms with Gasteiger partial charge < -0.3 is 9.47 Å². The summed E-state index contributed by atoms with van der Waals surface area (Å²) in [6.45, 7) is 4.05. The molecule has 2 amide bonds. The first-order valence-electron chi connectivity index (χ1n) is 9.92. The zero-order chi connectivity index (χ0) is 19.0. The molecular formula is C19H25NO7. The van der Waals surface area contributed by atoms with Crippen molar-refractivity contribution in [2.24, 2.45) is 23.7 Å². The lowest BCUT2D eigenvalue weighted by molar-refractivity contribution is -0.559. The van der Waals surface area contributed by atoms with Crippen LogP contribution in [-0.2, 0) is 33.6 Å². The third-order valence-electron chi connectivity index (χ3n) is 7.32. The molecule has 0 unspecified atom stereocenters. The Balaban J connectivity index is 1.53. The summed E-state index contributed by atoms with van der Waals surface area (Å²) in [6, 6.07) is 0. The van der Waals surface area contributed by atoms with Crippen LogP contribution in [0.5, 0.6) is 0 Å². The molecule has 5 saturated heterocycles. The summed E-state index contributed by atoms with van der Waals surface area (Å²) >= 11 is 0. The number of carbonyl (C=O) groups excluding carboxylic acids is 3. The fourth-order valence-electron chi connectivity index (χ4n) is 5.84. The van der Waals surface area contributed by atoms with Gasteiger partial charge in [0.1, 0.15) is 0 Å². The van der Waals surface area contributed by atoms with Gasteiger partial charge in [-0.2, -0.15) is 0 Å². The average Bonchev–Trinajstić information content (AvgIpc) is 2.79. The van der Waals surface area contributed by atoms with Gasteiger partial charge in [0.15, 0.2) is 5.60 Å². The van der Waals surface area contributed by atoms with Crippen molar-refractivity contribution in [2.45, 2.75) is 70.1 Å². The van der Waals surface area contributed by atoms with Crippen LogP contribution in [-0.4, -0.2) is 46.9 Å². The second kappa shape index (κ2) is 5.75. The van der Waals surface area contributed by atoms with Gasteiger partial charge in [-0.25, -0.2) is 9.78 Å². The maximum absolute atomic E-state index is 12.9. The number of imide groups is 1. The van der Waals surface area contributed by atoms with E-state index in [0.29, 0.717) is 12.3 Å². The Morgan fingerprint density at radius 2 is 1.78 bits per heavy atom. The van der Waals surface area contributed by atoms with Crippen LogP contribution in [0.1, 0.15) is 52.4 Å². The molecule has 27 heavy (non-hydrogen) atoms. The minimum atomic E-state index is -0.925. The molecule has 0 aromatic carbocycles.